The van der Waals surface area contributed by atoms with Gasteiger partial charge in [0.15, 0.2) is 0 Å². The first-order valence-electron chi connectivity index (χ1n) is 0. The fraction of sp³-hybridized carbons (Fsp3) is 1.00. The third-order valence-corrected chi connectivity index (χ3v) is 0. The first-order valence-corrected chi connectivity index (χ1v) is 0. The molecule has 0 aliphatic rings. The molecule has 0 aromatic heterocycles. The van der Waals surface area contributed by atoms with Crippen LogP contribution in [0.5, 0.6) is 0 Å². The summed E-state index contributed by atoms with van der Waals surface area (Å²) >= 11 is 0. The summed E-state index contributed by atoms with van der Waals surface area (Å²) in [6.07, 6.45) is 0. The van der Waals surface area contributed by atoms with Crippen LogP contribution in [-0.4, -0.2) is 0 Å². The van der Waals surface area contributed by atoms with Crippen LogP contribution in [0.15, 0.2) is 0 Å². The minimum Gasteiger partial charge on any atom is -0.114 e. The van der Waals surface area contributed by atoms with Crippen molar-refractivity contribution in [3.05, 3.63) is 0 Å². The molecule has 0 bridgehead atoms. The monoisotopic (exact) mass is 384 g/mol. The molecule has 0 rings (SSSR count). The van der Waals surface area contributed by atoms with Crippen LogP contribution >= 0.6 is 67.9 Å². The summed E-state index contributed by atoms with van der Waals surface area (Å²) in [4.78, 5) is 0. The van der Waals surface area contributed by atoms with Gasteiger partial charge >= 0.3 is 0 Å². The van der Waals surface area contributed by atoms with Crippen molar-refractivity contribution in [2.75, 3.05) is 0 Å². The summed E-state index contributed by atoms with van der Waals surface area (Å²) in [6, 6.07) is 0. The fourth-order valence-corrected chi connectivity index (χ4v) is 0. The van der Waals surface area contributed by atoms with E-state index in [0.717, 1.165) is 0 Å². The average molecular weight is 388 g/mol. The predicted molar refractivity (Wildman–Crippen MR) is 48.0 cm³/mol. The maximum Gasteiger partial charge on any atom is 0 e. The van der Waals surface area contributed by atoms with Gasteiger partial charge in [-0.15, -0.1) is 67.9 Å². The van der Waals surface area contributed by atoms with Crippen LogP contribution in [0.3, 0.4) is 0 Å². The molecule has 0 nitrogen and oxygen atoms in total. The molecule has 44 valence electrons. The van der Waals surface area contributed by atoms with Crippen LogP contribution in [0.25, 0.3) is 0 Å². The molecule has 0 aliphatic heterocycles. The van der Waals surface area contributed by atoms with E-state index in [1.165, 1.54) is 0 Å². The molecule has 0 aromatic carbocycles. The van der Waals surface area contributed by atoms with E-state index in [0.29, 0.717) is 0 Å². The molecular weight excluding hydrogens is 379 g/mol. The molecule has 0 heterocycles. The van der Waals surface area contributed by atoms with Gasteiger partial charge in [-0.3, -0.25) is 0 Å². The Morgan fingerprint density at radius 1 is 0.500 bits per heavy atom. The Morgan fingerprint density at radius 2 is 0.500 bits per heavy atom. The van der Waals surface area contributed by atoms with Crippen LogP contribution in [-0.2, 0) is 21.7 Å². The third-order valence-electron chi connectivity index (χ3n) is 0. The van der Waals surface area contributed by atoms with Crippen molar-refractivity contribution in [1.29, 1.82) is 0 Å². The van der Waals surface area contributed by atoms with E-state index in [9.17, 15) is 0 Å². The predicted octanol–water partition coefficient (Wildman–Crippen LogP) is 2.95. The molecule has 0 unspecified atom stereocenters. The van der Waals surface area contributed by atoms with E-state index >= 15 is 0 Å². The van der Waals surface area contributed by atoms with E-state index in [1.807, 2.05) is 0 Å². The molecule has 5 heteroatoms. The summed E-state index contributed by atoms with van der Waals surface area (Å²) < 4.78 is 0. The van der Waals surface area contributed by atoms with Gasteiger partial charge < -0.3 is 0 Å². The average Bonchev–Trinajstić information content (AvgIpc) is 0. The Kier molecular flexibility index (Phi) is 585. The summed E-state index contributed by atoms with van der Waals surface area (Å²) in [7, 11) is 0. The normalized spacial score (nSPS) is 0. The van der Waals surface area contributed by atoms with Gasteiger partial charge in [-0.25, -0.2) is 0 Å². The maximum atomic E-state index is 0. The Labute approximate surface area is 95.8 Å². The molecule has 6 heavy (non-hydrogen) atoms. The SMILES string of the molecule is Br.Br.Br.Br.C.[Ti]. The van der Waals surface area contributed by atoms with Gasteiger partial charge in [0, 0.05) is 21.7 Å². The van der Waals surface area contributed by atoms with Crippen molar-refractivity contribution in [2.45, 2.75) is 7.43 Å². The van der Waals surface area contributed by atoms with Crippen molar-refractivity contribution >= 4 is 67.9 Å². The van der Waals surface area contributed by atoms with Crippen LogP contribution in [0, 0.1) is 0 Å². The molecule has 0 aromatic rings. The Bertz CT molecular complexity index is 7.51. The van der Waals surface area contributed by atoms with E-state index in [-0.39, 0.29) is 97.1 Å². The first-order chi connectivity index (χ1) is 0. The minimum atomic E-state index is 0. The standard InChI is InChI=1S/CH4.4BrH.Ti/h1H4;4*1H;. The minimum absolute atomic E-state index is 0. The summed E-state index contributed by atoms with van der Waals surface area (Å²) in [5.41, 5.74) is 0. The molecule has 0 fully saturated rings. The smallest absolute Gasteiger partial charge is 0 e. The van der Waals surface area contributed by atoms with Crippen molar-refractivity contribution in [3.8, 4) is 0 Å². The molecule has 0 aliphatic carbocycles. The van der Waals surface area contributed by atoms with E-state index in [2.05, 4.69) is 0 Å². The summed E-state index contributed by atoms with van der Waals surface area (Å²) in [5.74, 6) is 0. The zero-order valence-electron chi connectivity index (χ0n) is 2.13. The van der Waals surface area contributed by atoms with Crippen LogP contribution in [0.2, 0.25) is 0 Å². The number of halogens is 4. The zero-order chi connectivity index (χ0) is 0. The van der Waals surface area contributed by atoms with Gasteiger partial charge in [0.1, 0.15) is 0 Å². The van der Waals surface area contributed by atoms with Crippen LogP contribution in [0.4, 0.5) is 0 Å². The molecular formula is CH8Br4Ti. The molecule has 0 atom stereocenters. The van der Waals surface area contributed by atoms with Gasteiger partial charge in [-0.05, 0) is 0 Å². The number of hydrogen-bond donors (Lipinski definition) is 0. The number of hydrogen-bond acceptors (Lipinski definition) is 0. The number of rotatable bonds is 0. The molecule has 0 spiro atoms. The summed E-state index contributed by atoms with van der Waals surface area (Å²) in [6.45, 7) is 0. The van der Waals surface area contributed by atoms with Crippen LogP contribution in [0.1, 0.15) is 7.43 Å². The largest absolute Gasteiger partial charge is 0.114 e. The zero-order valence-corrected chi connectivity index (χ0v) is 10.5. The third kappa shape index (κ3) is 30.3. The van der Waals surface area contributed by atoms with Crippen LogP contribution < -0.4 is 0 Å². The molecule has 0 radical (unpaired) electrons. The Morgan fingerprint density at radius 3 is 0.500 bits per heavy atom. The van der Waals surface area contributed by atoms with Gasteiger partial charge in [0.05, 0.1) is 0 Å². The van der Waals surface area contributed by atoms with Crippen molar-refractivity contribution < 1.29 is 21.7 Å². The molecule has 0 saturated carbocycles. The molecule has 0 saturated heterocycles. The van der Waals surface area contributed by atoms with Gasteiger partial charge in [-0.2, -0.15) is 0 Å². The Hall–Kier alpha value is 2.63. The second kappa shape index (κ2) is 48.4. The second-order valence-corrected chi connectivity index (χ2v) is 0. The van der Waals surface area contributed by atoms with Crippen molar-refractivity contribution in [2.24, 2.45) is 0 Å². The first kappa shape index (κ1) is 72.5. The Balaban J connectivity index is 0. The van der Waals surface area contributed by atoms with E-state index in [1.54, 1.807) is 0 Å². The fourth-order valence-electron chi connectivity index (χ4n) is 0. The second-order valence-electron chi connectivity index (χ2n) is 0. The maximum absolute atomic E-state index is 0. The topological polar surface area (TPSA) is 0 Å². The van der Waals surface area contributed by atoms with E-state index < -0.39 is 0 Å². The van der Waals surface area contributed by atoms with E-state index in [4.69, 9.17) is 0 Å². The quantitative estimate of drug-likeness (QED) is 0.561. The van der Waals surface area contributed by atoms with Gasteiger partial charge in [0.25, 0.3) is 0 Å². The molecule has 0 amide bonds. The van der Waals surface area contributed by atoms with Gasteiger partial charge in [0.2, 0.25) is 0 Å². The summed E-state index contributed by atoms with van der Waals surface area (Å²) in [5, 5.41) is 0. The van der Waals surface area contributed by atoms with Crippen molar-refractivity contribution in [1.82, 2.24) is 0 Å². The van der Waals surface area contributed by atoms with Gasteiger partial charge in [-0.1, -0.05) is 7.43 Å². The molecule has 0 N–H and O–H groups in total. The van der Waals surface area contributed by atoms with Crippen molar-refractivity contribution in [3.63, 3.8) is 0 Å².